The molecule has 1 atom stereocenters. The number of aromatic nitrogens is 1. The summed E-state index contributed by atoms with van der Waals surface area (Å²) in [5.41, 5.74) is 3.15. The fourth-order valence-corrected chi connectivity index (χ4v) is 5.03. The molecule has 2 aromatic carbocycles. The summed E-state index contributed by atoms with van der Waals surface area (Å²) in [4.78, 5) is 31.5. The smallest absolute Gasteiger partial charge is 0.338 e. The van der Waals surface area contributed by atoms with Crippen LogP contribution in [0.2, 0.25) is 10.0 Å². The van der Waals surface area contributed by atoms with Gasteiger partial charge in [0.2, 0.25) is 0 Å². The molecule has 5 nitrogen and oxygen atoms in total. The molecule has 164 valence electrons. The minimum atomic E-state index is -0.636. The van der Waals surface area contributed by atoms with Gasteiger partial charge in [0, 0.05) is 0 Å². The number of carbonyl (C=O) groups is 1. The second kappa shape index (κ2) is 9.06. The molecule has 0 unspecified atom stereocenters. The van der Waals surface area contributed by atoms with Crippen LogP contribution in [-0.4, -0.2) is 17.1 Å². The third-order valence-electron chi connectivity index (χ3n) is 5.18. The molecular weight excluding hydrogens is 467 g/mol. The Kier molecular flexibility index (Phi) is 6.38. The maximum absolute atomic E-state index is 13.5. The van der Waals surface area contributed by atoms with Crippen molar-refractivity contribution in [2.75, 3.05) is 6.61 Å². The van der Waals surface area contributed by atoms with Gasteiger partial charge in [-0.25, -0.2) is 9.79 Å². The molecule has 1 aliphatic rings. The van der Waals surface area contributed by atoms with E-state index in [2.05, 4.69) is 4.99 Å². The lowest BCUT2D eigenvalue weighted by molar-refractivity contribution is -0.139. The quantitative estimate of drug-likeness (QED) is 0.513. The van der Waals surface area contributed by atoms with E-state index in [-0.39, 0.29) is 12.2 Å². The van der Waals surface area contributed by atoms with Crippen molar-refractivity contribution in [1.82, 2.24) is 4.57 Å². The number of hydrogen-bond acceptors (Lipinski definition) is 5. The van der Waals surface area contributed by atoms with Crippen LogP contribution in [0.1, 0.15) is 36.6 Å². The molecular formula is C24H20Cl2N2O3S. The van der Waals surface area contributed by atoms with E-state index in [4.69, 9.17) is 27.9 Å². The minimum Gasteiger partial charge on any atom is -0.463 e. The van der Waals surface area contributed by atoms with Crippen LogP contribution in [0, 0.1) is 6.92 Å². The Balaban J connectivity index is 1.98. The number of ether oxygens (including phenoxy) is 1. The molecule has 0 saturated carbocycles. The summed E-state index contributed by atoms with van der Waals surface area (Å²) >= 11 is 13.7. The fourth-order valence-electron chi connectivity index (χ4n) is 3.63. The number of fused-ring (bicyclic) bond motifs is 1. The van der Waals surface area contributed by atoms with E-state index < -0.39 is 12.0 Å². The van der Waals surface area contributed by atoms with E-state index in [1.54, 1.807) is 42.7 Å². The molecule has 0 fully saturated rings. The highest BCUT2D eigenvalue weighted by Crippen LogP contribution is 2.31. The van der Waals surface area contributed by atoms with Crippen molar-refractivity contribution in [3.63, 3.8) is 0 Å². The van der Waals surface area contributed by atoms with Gasteiger partial charge in [0.05, 0.1) is 38.5 Å². The van der Waals surface area contributed by atoms with Crippen molar-refractivity contribution < 1.29 is 9.53 Å². The van der Waals surface area contributed by atoms with Gasteiger partial charge in [0.1, 0.15) is 0 Å². The monoisotopic (exact) mass is 486 g/mol. The largest absolute Gasteiger partial charge is 0.463 e. The van der Waals surface area contributed by atoms with Crippen molar-refractivity contribution in [3.05, 3.63) is 100 Å². The number of carbonyl (C=O) groups excluding carboxylic acids is 1. The summed E-state index contributed by atoms with van der Waals surface area (Å²) in [6, 6.07) is 12.4. The van der Waals surface area contributed by atoms with Crippen LogP contribution in [0.25, 0.3) is 6.08 Å². The highest BCUT2D eigenvalue weighted by Gasteiger charge is 2.33. The SMILES string of the molecule is CCOC(=O)C1=C(C)N=c2s/c(=C\c3cccc(Cl)c3Cl)c(=O)n2[C@@H]1c1ccc(C)cc1. The molecule has 1 aromatic heterocycles. The van der Waals surface area contributed by atoms with Gasteiger partial charge in [-0.15, -0.1) is 0 Å². The third kappa shape index (κ3) is 4.06. The Hall–Kier alpha value is -2.67. The lowest BCUT2D eigenvalue weighted by atomic mass is 9.95. The van der Waals surface area contributed by atoms with Crippen LogP contribution in [0.15, 0.2) is 63.5 Å². The highest BCUT2D eigenvalue weighted by molar-refractivity contribution is 7.07. The molecule has 0 radical (unpaired) electrons. The lowest BCUT2D eigenvalue weighted by Gasteiger charge is -2.24. The zero-order valence-electron chi connectivity index (χ0n) is 17.7. The molecule has 0 aliphatic carbocycles. The molecule has 0 saturated heterocycles. The van der Waals surface area contributed by atoms with Gasteiger partial charge >= 0.3 is 5.97 Å². The maximum atomic E-state index is 13.5. The van der Waals surface area contributed by atoms with Crippen molar-refractivity contribution in [2.45, 2.75) is 26.8 Å². The summed E-state index contributed by atoms with van der Waals surface area (Å²) in [5.74, 6) is -0.480. The molecule has 0 bridgehead atoms. The van der Waals surface area contributed by atoms with Crippen molar-refractivity contribution in [3.8, 4) is 0 Å². The molecule has 32 heavy (non-hydrogen) atoms. The molecule has 2 heterocycles. The average Bonchev–Trinajstić information content (AvgIpc) is 3.06. The second-order valence-electron chi connectivity index (χ2n) is 7.36. The van der Waals surface area contributed by atoms with Gasteiger partial charge < -0.3 is 4.74 Å². The fraction of sp³-hybridized carbons (Fsp3) is 0.208. The van der Waals surface area contributed by atoms with Gasteiger partial charge in [0.15, 0.2) is 4.80 Å². The third-order valence-corrected chi connectivity index (χ3v) is 6.99. The summed E-state index contributed by atoms with van der Waals surface area (Å²) < 4.78 is 7.31. The van der Waals surface area contributed by atoms with Crippen LogP contribution in [0.5, 0.6) is 0 Å². The number of aryl methyl sites for hydroxylation is 1. The first-order valence-corrected chi connectivity index (χ1v) is 11.6. The van der Waals surface area contributed by atoms with Gasteiger partial charge in [0.25, 0.3) is 5.56 Å². The zero-order chi connectivity index (χ0) is 23.0. The van der Waals surface area contributed by atoms with Crippen molar-refractivity contribution in [1.29, 1.82) is 0 Å². The average molecular weight is 487 g/mol. The van der Waals surface area contributed by atoms with E-state index in [1.165, 1.54) is 11.3 Å². The summed E-state index contributed by atoms with van der Waals surface area (Å²) in [5, 5.41) is 0.782. The normalized spacial score (nSPS) is 16.0. The number of benzene rings is 2. The predicted octanol–water partition coefficient (Wildman–Crippen LogP) is 4.41. The number of rotatable bonds is 4. The van der Waals surface area contributed by atoms with E-state index in [0.717, 1.165) is 11.1 Å². The summed E-state index contributed by atoms with van der Waals surface area (Å²) in [6.07, 6.45) is 1.70. The van der Waals surface area contributed by atoms with Gasteiger partial charge in [-0.05, 0) is 44.0 Å². The molecule has 1 aliphatic heterocycles. The number of hydrogen-bond donors (Lipinski definition) is 0. The summed E-state index contributed by atoms with van der Waals surface area (Å²) in [7, 11) is 0. The Morgan fingerprint density at radius 3 is 2.59 bits per heavy atom. The Bertz CT molecular complexity index is 1420. The minimum absolute atomic E-state index is 0.230. The van der Waals surface area contributed by atoms with Crippen molar-refractivity contribution in [2.24, 2.45) is 4.99 Å². The number of thiazole rings is 1. The van der Waals surface area contributed by atoms with E-state index in [9.17, 15) is 9.59 Å². The molecule has 3 aromatic rings. The Labute approximate surface area is 198 Å². The number of esters is 1. The lowest BCUT2D eigenvalue weighted by Crippen LogP contribution is -2.39. The topological polar surface area (TPSA) is 60.7 Å². The Morgan fingerprint density at radius 1 is 1.19 bits per heavy atom. The van der Waals surface area contributed by atoms with Crippen LogP contribution in [0.4, 0.5) is 0 Å². The Morgan fingerprint density at radius 2 is 1.91 bits per heavy atom. The van der Waals surface area contributed by atoms with Crippen molar-refractivity contribution >= 4 is 46.6 Å². The molecule has 0 N–H and O–H groups in total. The first kappa shape index (κ1) is 22.5. The summed E-state index contributed by atoms with van der Waals surface area (Å²) in [6.45, 7) is 5.72. The molecule has 0 amide bonds. The van der Waals surface area contributed by atoms with Gasteiger partial charge in [-0.2, -0.15) is 0 Å². The maximum Gasteiger partial charge on any atom is 0.338 e. The molecule has 4 rings (SSSR count). The highest BCUT2D eigenvalue weighted by atomic mass is 35.5. The second-order valence-corrected chi connectivity index (χ2v) is 9.15. The van der Waals surface area contributed by atoms with Gasteiger partial charge in [-0.1, -0.05) is 76.5 Å². The van der Waals surface area contributed by atoms with E-state index in [0.29, 0.717) is 36.2 Å². The molecule has 0 spiro atoms. The van der Waals surface area contributed by atoms with E-state index >= 15 is 0 Å². The van der Waals surface area contributed by atoms with Gasteiger partial charge in [-0.3, -0.25) is 9.36 Å². The van der Waals surface area contributed by atoms with Crippen LogP contribution >= 0.6 is 34.5 Å². The first-order chi connectivity index (χ1) is 15.3. The predicted molar refractivity (Wildman–Crippen MR) is 128 cm³/mol. The number of nitrogens with zero attached hydrogens (tertiary/aromatic N) is 2. The number of allylic oxidation sites excluding steroid dienone is 1. The van der Waals surface area contributed by atoms with Crippen LogP contribution < -0.4 is 14.9 Å². The zero-order valence-corrected chi connectivity index (χ0v) is 20.0. The standard InChI is InChI=1S/C24H20Cl2N2O3S/c1-4-31-23(30)19-14(3)27-24-28(21(19)15-10-8-13(2)9-11-15)22(29)18(32-24)12-16-6-5-7-17(25)20(16)26/h5-12,21H,4H2,1-3H3/b18-12-/t21-/m1/s1. The van der Waals surface area contributed by atoms with E-state index in [1.807, 2.05) is 31.2 Å². The first-order valence-electron chi connectivity index (χ1n) is 10.0. The van der Waals surface area contributed by atoms with Crippen LogP contribution in [-0.2, 0) is 9.53 Å². The van der Waals surface area contributed by atoms with Crippen LogP contribution in [0.3, 0.4) is 0 Å². The number of halogens is 2. The molecule has 8 heteroatoms.